The molecule has 11 rings (SSSR count). The summed E-state index contributed by atoms with van der Waals surface area (Å²) in [7, 11) is 0. The smallest absolute Gasteiger partial charge is 0.0705 e. The van der Waals surface area contributed by atoms with Gasteiger partial charge >= 0.3 is 0 Å². The molecule has 5 heteroatoms. The van der Waals surface area contributed by atoms with Crippen molar-refractivity contribution in [1.29, 1.82) is 0 Å². The Bertz CT molecular complexity index is 3750. The van der Waals surface area contributed by atoms with E-state index in [4.69, 9.17) is 15.0 Å². The largest absolute Gasteiger partial charge is 0.256 e. The number of benzene rings is 8. The molecule has 0 spiro atoms. The Kier molecular flexibility index (Phi) is 13.9. The zero-order valence-corrected chi connectivity index (χ0v) is 46.8. The molecule has 370 valence electrons. The maximum absolute atomic E-state index is 4.81. The molecule has 0 N–H and O–H groups in total. The van der Waals surface area contributed by atoms with Crippen molar-refractivity contribution in [1.82, 2.24) is 15.0 Å². The Labute approximate surface area is 464 Å². The first kappa shape index (κ1) is 50.3. The van der Waals surface area contributed by atoms with Gasteiger partial charge in [-0.05, 0) is 173 Å². The van der Waals surface area contributed by atoms with Gasteiger partial charge in [0.1, 0.15) is 0 Å². The van der Waals surface area contributed by atoms with Crippen LogP contribution in [-0.2, 0) is 10.8 Å². The third-order valence-corrected chi connectivity index (χ3v) is 15.7. The van der Waals surface area contributed by atoms with Crippen LogP contribution in [0.2, 0.25) is 0 Å². The Balaban J connectivity index is 1.09. The van der Waals surface area contributed by atoms with Crippen LogP contribution in [0.15, 0.2) is 246 Å². The Hall–Kier alpha value is -7.83. The molecule has 0 radical (unpaired) electrons. The van der Waals surface area contributed by atoms with Gasteiger partial charge in [-0.2, -0.15) is 0 Å². The highest BCUT2D eigenvalue weighted by Gasteiger charge is 2.22. The highest BCUT2D eigenvalue weighted by Crippen LogP contribution is 2.46. The van der Waals surface area contributed by atoms with Crippen molar-refractivity contribution in [2.24, 2.45) is 0 Å². The fourth-order valence-electron chi connectivity index (χ4n) is 10.2. The summed E-state index contributed by atoms with van der Waals surface area (Å²) in [6.45, 7) is 13.4. The van der Waals surface area contributed by atoms with E-state index in [1.54, 1.807) is 0 Å². The fraction of sp³-hybridized carbons (Fsp3) is 0.113. The molecule has 8 aromatic carbocycles. The van der Waals surface area contributed by atoms with Crippen LogP contribution in [0.4, 0.5) is 0 Å². The summed E-state index contributed by atoms with van der Waals surface area (Å²) in [6, 6.07) is 79.0. The molecule has 3 aromatic heterocycles. The number of pyridine rings is 3. The lowest BCUT2D eigenvalue weighted by Crippen LogP contribution is -2.11. The first-order chi connectivity index (χ1) is 36.8. The lowest BCUT2D eigenvalue weighted by molar-refractivity contribution is 0.589. The fourth-order valence-corrected chi connectivity index (χ4v) is 11.4. The standard InChI is InChI=1S/C71H57Br2N3/c1-70(2,3)53-33-36-75-68(44-53)48-28-31-62(65(72)42-48)59-24-14-11-21-56(59)51-38-50(55-20-10-13-23-58(55)61-30-27-47(67-26-16-17-35-74-67)41-64(61)46-18-8-7-9-19-46)39-52(40-51)57-22-12-15-25-60(57)63-32-29-49(43-66(63)73)69-45-54(34-37-76-69)71(4,5)6/h7-45H,1-6H3. The van der Waals surface area contributed by atoms with Crippen LogP contribution in [0, 0.1) is 0 Å². The molecule has 0 saturated heterocycles. The van der Waals surface area contributed by atoms with Crippen LogP contribution in [0.1, 0.15) is 52.7 Å². The average Bonchev–Trinajstić information content (AvgIpc) is 3.45. The van der Waals surface area contributed by atoms with E-state index in [-0.39, 0.29) is 10.8 Å². The van der Waals surface area contributed by atoms with Gasteiger partial charge in [-0.15, -0.1) is 0 Å². The lowest BCUT2D eigenvalue weighted by atomic mass is 9.84. The minimum Gasteiger partial charge on any atom is -0.256 e. The first-order valence-corrected chi connectivity index (χ1v) is 27.4. The van der Waals surface area contributed by atoms with Crippen LogP contribution in [0.5, 0.6) is 0 Å². The van der Waals surface area contributed by atoms with Crippen molar-refractivity contribution in [3.63, 3.8) is 0 Å². The van der Waals surface area contributed by atoms with Gasteiger partial charge in [-0.25, -0.2) is 0 Å². The summed E-state index contributed by atoms with van der Waals surface area (Å²) in [4.78, 5) is 14.4. The quantitative estimate of drug-likeness (QED) is 0.137. The SMILES string of the molecule is CC(C)(C)c1ccnc(-c2ccc(-c3ccccc3-c3cc(-c4ccccc4-c4ccc(-c5cc(C(C)(C)C)ccn5)cc4Br)cc(-c4ccccc4-c4ccc(-c5ccccn5)cc4-c4ccccc4)c3)c(Br)c2)c1. The second-order valence-corrected chi connectivity index (χ2v) is 23.2. The van der Waals surface area contributed by atoms with E-state index in [1.807, 2.05) is 30.7 Å². The van der Waals surface area contributed by atoms with Crippen LogP contribution in [-0.4, -0.2) is 15.0 Å². The molecule has 3 heterocycles. The molecule has 0 fully saturated rings. The Morgan fingerprint density at radius 1 is 0.250 bits per heavy atom. The molecule has 0 bridgehead atoms. The molecule has 0 unspecified atom stereocenters. The molecule has 3 nitrogen and oxygen atoms in total. The monoisotopic (exact) mass is 1110 g/mol. The minimum absolute atomic E-state index is 0.00900. The zero-order chi connectivity index (χ0) is 52.6. The number of halogens is 2. The van der Waals surface area contributed by atoms with E-state index < -0.39 is 0 Å². The van der Waals surface area contributed by atoms with Gasteiger partial charge in [-0.1, -0.05) is 219 Å². The van der Waals surface area contributed by atoms with E-state index in [9.17, 15) is 0 Å². The van der Waals surface area contributed by atoms with Crippen molar-refractivity contribution in [2.75, 3.05) is 0 Å². The summed E-state index contributed by atoms with van der Waals surface area (Å²) >= 11 is 8.13. The second kappa shape index (κ2) is 21.1. The first-order valence-electron chi connectivity index (χ1n) is 25.8. The molecule has 0 aliphatic carbocycles. The summed E-state index contributed by atoms with van der Waals surface area (Å²) in [5, 5.41) is 0. The Morgan fingerprint density at radius 2 is 0.618 bits per heavy atom. The lowest BCUT2D eigenvalue weighted by Gasteiger charge is -2.20. The maximum Gasteiger partial charge on any atom is 0.0705 e. The highest BCUT2D eigenvalue weighted by molar-refractivity contribution is 9.11. The number of hydrogen-bond acceptors (Lipinski definition) is 3. The van der Waals surface area contributed by atoms with Crippen LogP contribution >= 0.6 is 31.9 Å². The van der Waals surface area contributed by atoms with Crippen molar-refractivity contribution < 1.29 is 0 Å². The van der Waals surface area contributed by atoms with Crippen LogP contribution in [0.25, 0.3) is 112 Å². The van der Waals surface area contributed by atoms with Crippen molar-refractivity contribution in [3.05, 3.63) is 257 Å². The third kappa shape index (κ3) is 10.4. The van der Waals surface area contributed by atoms with Gasteiger partial charge in [0, 0.05) is 44.2 Å². The molecule has 0 aliphatic rings. The van der Waals surface area contributed by atoms with E-state index in [2.05, 4.69) is 280 Å². The maximum atomic E-state index is 4.81. The Morgan fingerprint density at radius 3 is 1.04 bits per heavy atom. The van der Waals surface area contributed by atoms with Gasteiger partial charge in [0.15, 0.2) is 0 Å². The number of nitrogens with zero attached hydrogens (tertiary/aromatic N) is 3. The number of aromatic nitrogens is 3. The van der Waals surface area contributed by atoms with Gasteiger partial charge in [0.2, 0.25) is 0 Å². The molecular weight excluding hydrogens is 1050 g/mol. The van der Waals surface area contributed by atoms with Crippen LogP contribution in [0.3, 0.4) is 0 Å². The zero-order valence-electron chi connectivity index (χ0n) is 43.6. The van der Waals surface area contributed by atoms with Crippen molar-refractivity contribution >= 4 is 31.9 Å². The van der Waals surface area contributed by atoms with Gasteiger partial charge < -0.3 is 0 Å². The van der Waals surface area contributed by atoms with Crippen molar-refractivity contribution in [3.8, 4) is 112 Å². The van der Waals surface area contributed by atoms with E-state index in [0.29, 0.717) is 0 Å². The van der Waals surface area contributed by atoms with Crippen molar-refractivity contribution in [2.45, 2.75) is 52.4 Å². The molecule has 0 aliphatic heterocycles. The molecule has 76 heavy (non-hydrogen) atoms. The van der Waals surface area contributed by atoms with Gasteiger partial charge in [0.05, 0.1) is 17.1 Å². The number of hydrogen-bond donors (Lipinski definition) is 0. The summed E-state index contributed by atoms with van der Waals surface area (Å²) in [5.41, 5.74) is 24.3. The summed E-state index contributed by atoms with van der Waals surface area (Å²) < 4.78 is 2.01. The van der Waals surface area contributed by atoms with E-state index in [1.165, 1.54) is 11.1 Å². The number of rotatable bonds is 10. The predicted molar refractivity (Wildman–Crippen MR) is 327 cm³/mol. The van der Waals surface area contributed by atoms with E-state index >= 15 is 0 Å². The van der Waals surface area contributed by atoms with Gasteiger partial charge in [-0.3, -0.25) is 15.0 Å². The molecule has 11 aromatic rings. The minimum atomic E-state index is 0.00900. The van der Waals surface area contributed by atoms with E-state index in [0.717, 1.165) is 121 Å². The van der Waals surface area contributed by atoms with Crippen LogP contribution < -0.4 is 0 Å². The molecule has 0 atom stereocenters. The predicted octanol–water partition coefficient (Wildman–Crippen LogP) is 20.7. The van der Waals surface area contributed by atoms with Gasteiger partial charge in [0.25, 0.3) is 0 Å². The topological polar surface area (TPSA) is 38.7 Å². The summed E-state index contributed by atoms with van der Waals surface area (Å²) in [6.07, 6.45) is 5.70. The normalized spacial score (nSPS) is 11.7. The molecular formula is C71H57Br2N3. The second-order valence-electron chi connectivity index (χ2n) is 21.5. The third-order valence-electron chi connectivity index (χ3n) is 14.4. The highest BCUT2D eigenvalue weighted by atomic mass is 79.9. The molecule has 0 amide bonds. The average molecular weight is 1110 g/mol. The summed E-state index contributed by atoms with van der Waals surface area (Å²) in [5.74, 6) is 0. The molecule has 0 saturated carbocycles.